The third-order valence-corrected chi connectivity index (χ3v) is 6.02. The summed E-state index contributed by atoms with van der Waals surface area (Å²) in [5.41, 5.74) is 2.95. The van der Waals surface area contributed by atoms with Crippen LogP contribution in [0, 0.1) is 0 Å². The molecule has 0 saturated carbocycles. The average Bonchev–Trinajstić information content (AvgIpc) is 3.29. The van der Waals surface area contributed by atoms with E-state index in [4.69, 9.17) is 4.42 Å². The van der Waals surface area contributed by atoms with E-state index in [0.29, 0.717) is 18.7 Å². The van der Waals surface area contributed by atoms with Crippen LogP contribution in [0.1, 0.15) is 31.4 Å². The number of rotatable bonds is 12. The zero-order valence-electron chi connectivity index (χ0n) is 17.9. The second kappa shape index (κ2) is 12.6. The minimum Gasteiger partial charge on any atom is -0.468 e. The molecule has 3 aromatic rings. The van der Waals surface area contributed by atoms with Gasteiger partial charge < -0.3 is 15.1 Å². The van der Waals surface area contributed by atoms with Crippen LogP contribution in [0.5, 0.6) is 0 Å². The van der Waals surface area contributed by atoms with Gasteiger partial charge in [-0.3, -0.25) is 13.8 Å². The van der Waals surface area contributed by atoms with Gasteiger partial charge in [-0.05, 0) is 48.2 Å². The number of carbonyl (C=O) groups is 2. The number of hydrogen-bond donors (Lipinski definition) is 2. The summed E-state index contributed by atoms with van der Waals surface area (Å²) >= 11 is 0. The lowest BCUT2D eigenvalue weighted by atomic mass is 10.1. The van der Waals surface area contributed by atoms with E-state index in [1.54, 1.807) is 12.1 Å². The second-order valence-electron chi connectivity index (χ2n) is 7.46. The average molecular weight is 453 g/mol. The first-order valence-corrected chi connectivity index (χ1v) is 12.2. The highest BCUT2D eigenvalue weighted by molar-refractivity contribution is 7.84. The number of carbonyl (C=O) groups excluding carboxylic acids is 2. The van der Waals surface area contributed by atoms with Crippen molar-refractivity contribution in [3.05, 3.63) is 78.8 Å². The Balaban J connectivity index is 1.28. The second-order valence-corrected chi connectivity index (χ2v) is 8.92. The molecule has 0 aliphatic heterocycles. The minimum absolute atomic E-state index is 0.0208. The normalized spacial score (nSPS) is 11.6. The maximum Gasteiger partial charge on any atom is 0.232 e. The van der Waals surface area contributed by atoms with Crippen LogP contribution in [-0.4, -0.2) is 28.3 Å². The summed E-state index contributed by atoms with van der Waals surface area (Å²) in [6.45, 7) is 0.511. The molecule has 0 fully saturated rings. The number of amides is 2. The molecule has 1 heterocycles. The predicted molar refractivity (Wildman–Crippen MR) is 127 cm³/mol. The summed E-state index contributed by atoms with van der Waals surface area (Å²) in [6, 6.07) is 21.3. The molecule has 7 heteroatoms. The van der Waals surface area contributed by atoms with E-state index in [2.05, 4.69) is 10.6 Å². The smallest absolute Gasteiger partial charge is 0.232 e. The van der Waals surface area contributed by atoms with Crippen molar-refractivity contribution in [2.45, 2.75) is 31.4 Å². The quantitative estimate of drug-likeness (QED) is 0.396. The summed E-state index contributed by atoms with van der Waals surface area (Å²) in [4.78, 5) is 24.1. The summed E-state index contributed by atoms with van der Waals surface area (Å²) in [6.07, 6.45) is 4.29. The van der Waals surface area contributed by atoms with Crippen LogP contribution in [0.15, 0.2) is 77.4 Å². The van der Waals surface area contributed by atoms with Gasteiger partial charge in [0.1, 0.15) is 11.5 Å². The molecule has 2 aromatic carbocycles. The van der Waals surface area contributed by atoms with Gasteiger partial charge in [0.05, 0.1) is 12.0 Å². The number of anilines is 1. The first kappa shape index (κ1) is 23.5. The van der Waals surface area contributed by atoms with Crippen LogP contribution >= 0.6 is 0 Å². The topological polar surface area (TPSA) is 88.4 Å². The largest absolute Gasteiger partial charge is 0.468 e. The lowest BCUT2D eigenvalue weighted by Crippen LogP contribution is -2.29. The molecule has 2 N–H and O–H groups in total. The van der Waals surface area contributed by atoms with E-state index >= 15 is 0 Å². The molecule has 0 saturated heterocycles. The van der Waals surface area contributed by atoms with Gasteiger partial charge in [0.25, 0.3) is 0 Å². The lowest BCUT2D eigenvalue weighted by molar-refractivity contribution is -0.119. The molecule has 1 atom stereocenters. The van der Waals surface area contributed by atoms with Crippen LogP contribution in [0.25, 0.3) is 11.1 Å². The van der Waals surface area contributed by atoms with Crippen LogP contribution in [0.4, 0.5) is 5.69 Å². The van der Waals surface area contributed by atoms with Crippen molar-refractivity contribution < 1.29 is 18.2 Å². The molecule has 2 amide bonds. The van der Waals surface area contributed by atoms with Crippen LogP contribution in [0.2, 0.25) is 0 Å². The standard InChI is InChI=1S/C25H28N2O4S/c28-24(27-22-12-7-11-21(17-22)20-9-3-1-4-10-20)14-5-2-6-15-26-25(29)19-32(30)18-23-13-8-16-31-23/h1,3-4,7-13,16-17H,2,5-6,14-15,18-19H2,(H,26,29)(H,27,28). The first-order valence-electron chi connectivity index (χ1n) is 10.7. The molecule has 0 spiro atoms. The highest BCUT2D eigenvalue weighted by atomic mass is 32.2. The van der Waals surface area contributed by atoms with E-state index in [0.717, 1.165) is 36.1 Å². The third kappa shape index (κ3) is 8.15. The van der Waals surface area contributed by atoms with Crippen molar-refractivity contribution in [1.82, 2.24) is 5.32 Å². The molecule has 0 radical (unpaired) electrons. The Bertz CT molecular complexity index is 1020. The fraction of sp³-hybridized carbons (Fsp3) is 0.280. The van der Waals surface area contributed by atoms with Gasteiger partial charge in [-0.2, -0.15) is 0 Å². The maximum absolute atomic E-state index is 12.2. The number of hydrogen-bond acceptors (Lipinski definition) is 4. The highest BCUT2D eigenvalue weighted by Crippen LogP contribution is 2.22. The molecule has 6 nitrogen and oxygen atoms in total. The Morgan fingerprint density at radius 2 is 1.66 bits per heavy atom. The van der Waals surface area contributed by atoms with Crippen molar-refractivity contribution in [3.63, 3.8) is 0 Å². The molecular formula is C25H28N2O4S. The lowest BCUT2D eigenvalue weighted by Gasteiger charge is -2.08. The Morgan fingerprint density at radius 1 is 0.844 bits per heavy atom. The summed E-state index contributed by atoms with van der Waals surface area (Å²) in [5, 5.41) is 5.73. The van der Waals surface area contributed by atoms with Crippen molar-refractivity contribution in [1.29, 1.82) is 0 Å². The van der Waals surface area contributed by atoms with Crippen LogP contribution in [0.3, 0.4) is 0 Å². The molecule has 168 valence electrons. The molecular weight excluding hydrogens is 424 g/mol. The van der Waals surface area contributed by atoms with Gasteiger partial charge in [-0.15, -0.1) is 0 Å². The fourth-order valence-corrected chi connectivity index (χ4v) is 4.23. The number of unbranched alkanes of at least 4 members (excludes halogenated alkanes) is 2. The number of nitrogens with one attached hydrogen (secondary N) is 2. The maximum atomic E-state index is 12.2. The molecule has 0 bridgehead atoms. The fourth-order valence-electron chi connectivity index (χ4n) is 3.25. The predicted octanol–water partition coefficient (Wildman–Crippen LogP) is 4.51. The van der Waals surface area contributed by atoms with Gasteiger partial charge in [0.15, 0.2) is 0 Å². The number of benzene rings is 2. The van der Waals surface area contributed by atoms with Crippen molar-refractivity contribution in [3.8, 4) is 11.1 Å². The zero-order chi connectivity index (χ0) is 22.6. The Hall–Kier alpha value is -3.19. The van der Waals surface area contributed by atoms with Gasteiger partial charge in [-0.25, -0.2) is 0 Å². The van der Waals surface area contributed by atoms with Gasteiger partial charge in [0.2, 0.25) is 11.8 Å². The van der Waals surface area contributed by atoms with Gasteiger partial charge in [-0.1, -0.05) is 48.9 Å². The molecule has 1 unspecified atom stereocenters. The van der Waals surface area contributed by atoms with Gasteiger partial charge >= 0.3 is 0 Å². The van der Waals surface area contributed by atoms with Crippen molar-refractivity contribution >= 4 is 28.3 Å². The third-order valence-electron chi connectivity index (χ3n) is 4.83. The number of furan rings is 1. The monoisotopic (exact) mass is 452 g/mol. The Labute approximate surface area is 190 Å². The van der Waals surface area contributed by atoms with E-state index in [1.807, 2.05) is 54.6 Å². The van der Waals surface area contributed by atoms with Crippen LogP contribution < -0.4 is 10.6 Å². The van der Waals surface area contributed by atoms with Crippen molar-refractivity contribution in [2.75, 3.05) is 17.6 Å². The minimum atomic E-state index is -1.29. The zero-order valence-corrected chi connectivity index (χ0v) is 18.7. The molecule has 32 heavy (non-hydrogen) atoms. The van der Waals surface area contributed by atoms with Gasteiger partial charge in [0, 0.05) is 29.5 Å². The van der Waals surface area contributed by atoms with E-state index in [-0.39, 0.29) is 23.3 Å². The van der Waals surface area contributed by atoms with E-state index < -0.39 is 10.8 Å². The molecule has 0 aliphatic carbocycles. The molecule has 1 aromatic heterocycles. The van der Waals surface area contributed by atoms with E-state index in [9.17, 15) is 13.8 Å². The molecule has 3 rings (SSSR count). The summed E-state index contributed by atoms with van der Waals surface area (Å²) in [5.74, 6) is 0.564. The Kier molecular flexibility index (Phi) is 9.25. The molecule has 0 aliphatic rings. The highest BCUT2D eigenvalue weighted by Gasteiger charge is 2.10. The summed E-state index contributed by atoms with van der Waals surface area (Å²) in [7, 11) is -1.29. The van der Waals surface area contributed by atoms with Crippen LogP contribution in [-0.2, 0) is 26.1 Å². The first-order chi connectivity index (χ1) is 15.6. The Morgan fingerprint density at radius 3 is 2.44 bits per heavy atom. The SMILES string of the molecule is O=C(CS(=O)Cc1ccco1)NCCCCCC(=O)Nc1cccc(-c2ccccc2)c1. The summed E-state index contributed by atoms with van der Waals surface area (Å²) < 4.78 is 17.1. The van der Waals surface area contributed by atoms with Crippen molar-refractivity contribution in [2.24, 2.45) is 0 Å². The van der Waals surface area contributed by atoms with E-state index in [1.165, 1.54) is 6.26 Å².